The van der Waals surface area contributed by atoms with Gasteiger partial charge in [0.1, 0.15) is 23.0 Å². The average molecular weight is 384 g/mol. The highest BCUT2D eigenvalue weighted by Gasteiger charge is 2.26. The van der Waals surface area contributed by atoms with Crippen LogP contribution < -0.4 is 5.32 Å². The van der Waals surface area contributed by atoms with Crippen LogP contribution in [0.2, 0.25) is 5.02 Å². The van der Waals surface area contributed by atoms with Gasteiger partial charge in [0.2, 0.25) is 5.88 Å². The van der Waals surface area contributed by atoms with Crippen molar-refractivity contribution < 1.29 is 18.7 Å². The number of aryl methyl sites for hydroxylation is 1. The van der Waals surface area contributed by atoms with Gasteiger partial charge in [0.25, 0.3) is 5.91 Å². The maximum absolute atomic E-state index is 12.4. The maximum atomic E-state index is 12.4. The number of para-hydroxylation sites is 1. The molecule has 0 bridgehead atoms. The first-order valence-electron chi connectivity index (χ1n) is 7.89. The Bertz CT molecular complexity index is 1030. The first-order chi connectivity index (χ1) is 13.0. The molecule has 8 heteroatoms. The number of hydrogen-bond acceptors (Lipinski definition) is 5. The standard InChI is InChI=1S/C19H14ClN3O4/c1-12-17(13(10-21)18(27-12)23-8-4-5-9-23)19(25)26-11-16(24)22-15-7-3-2-6-14(15)20/h2-9H,11H2,1H3,(H,22,24). The number of nitrogens with zero attached hydrogens (tertiary/aromatic N) is 2. The van der Waals surface area contributed by atoms with Gasteiger partial charge in [-0.2, -0.15) is 5.26 Å². The second-order valence-electron chi connectivity index (χ2n) is 5.52. The van der Waals surface area contributed by atoms with Gasteiger partial charge in [0.05, 0.1) is 10.7 Å². The van der Waals surface area contributed by atoms with E-state index in [0.29, 0.717) is 10.7 Å². The Labute approximate surface area is 159 Å². The molecule has 2 heterocycles. The maximum Gasteiger partial charge on any atom is 0.343 e. The Hall–Kier alpha value is -3.50. The molecule has 0 unspecified atom stereocenters. The highest BCUT2D eigenvalue weighted by molar-refractivity contribution is 6.33. The summed E-state index contributed by atoms with van der Waals surface area (Å²) in [6.07, 6.45) is 3.37. The number of aromatic nitrogens is 1. The predicted octanol–water partition coefficient (Wildman–Crippen LogP) is 3.70. The number of benzene rings is 1. The van der Waals surface area contributed by atoms with Crippen LogP contribution in [0, 0.1) is 18.3 Å². The molecule has 0 radical (unpaired) electrons. The number of ether oxygens (including phenoxy) is 1. The molecular formula is C19H14ClN3O4. The monoisotopic (exact) mass is 383 g/mol. The Balaban J connectivity index is 1.72. The fourth-order valence-corrected chi connectivity index (χ4v) is 2.67. The van der Waals surface area contributed by atoms with E-state index in [9.17, 15) is 14.9 Å². The molecular weight excluding hydrogens is 370 g/mol. The first-order valence-corrected chi connectivity index (χ1v) is 8.27. The first kappa shape index (κ1) is 18.3. The van der Waals surface area contributed by atoms with E-state index in [1.54, 1.807) is 60.3 Å². The lowest BCUT2D eigenvalue weighted by Gasteiger charge is -2.07. The molecule has 0 fully saturated rings. The molecule has 0 aliphatic heterocycles. The molecule has 0 aliphatic carbocycles. The number of nitriles is 1. The summed E-state index contributed by atoms with van der Waals surface area (Å²) in [6, 6.07) is 12.2. The van der Waals surface area contributed by atoms with E-state index in [2.05, 4.69) is 5.32 Å². The molecule has 0 saturated carbocycles. The van der Waals surface area contributed by atoms with E-state index in [1.807, 2.05) is 6.07 Å². The lowest BCUT2D eigenvalue weighted by Crippen LogP contribution is -2.21. The topological polar surface area (TPSA) is 97.3 Å². The van der Waals surface area contributed by atoms with Gasteiger partial charge in [0, 0.05) is 12.4 Å². The van der Waals surface area contributed by atoms with Gasteiger partial charge in [-0.1, -0.05) is 23.7 Å². The van der Waals surface area contributed by atoms with Crippen LogP contribution in [0.25, 0.3) is 5.88 Å². The largest absolute Gasteiger partial charge is 0.452 e. The van der Waals surface area contributed by atoms with Gasteiger partial charge >= 0.3 is 5.97 Å². The van der Waals surface area contributed by atoms with Crippen LogP contribution in [0.5, 0.6) is 0 Å². The molecule has 136 valence electrons. The summed E-state index contributed by atoms with van der Waals surface area (Å²) in [7, 11) is 0. The Morgan fingerprint density at radius 1 is 1.26 bits per heavy atom. The lowest BCUT2D eigenvalue weighted by molar-refractivity contribution is -0.119. The number of nitrogens with one attached hydrogen (secondary N) is 1. The fraction of sp³-hybridized carbons (Fsp3) is 0.105. The minimum Gasteiger partial charge on any atom is -0.452 e. The molecule has 0 aliphatic rings. The van der Waals surface area contributed by atoms with Crippen LogP contribution in [0.1, 0.15) is 21.7 Å². The number of hydrogen-bond donors (Lipinski definition) is 1. The average Bonchev–Trinajstić information content (AvgIpc) is 3.29. The molecule has 1 aromatic carbocycles. The molecule has 1 N–H and O–H groups in total. The Kier molecular flexibility index (Phi) is 5.29. The number of amides is 1. The number of carbonyl (C=O) groups excluding carboxylic acids is 2. The zero-order valence-electron chi connectivity index (χ0n) is 14.2. The van der Waals surface area contributed by atoms with Gasteiger partial charge in [-0.05, 0) is 31.2 Å². The molecule has 3 aromatic rings. The van der Waals surface area contributed by atoms with Crippen molar-refractivity contribution in [2.45, 2.75) is 6.92 Å². The minimum absolute atomic E-state index is 0.00764. The van der Waals surface area contributed by atoms with Crippen molar-refractivity contribution in [3.05, 3.63) is 70.7 Å². The zero-order chi connectivity index (χ0) is 19.4. The van der Waals surface area contributed by atoms with Crippen molar-refractivity contribution in [2.24, 2.45) is 0 Å². The van der Waals surface area contributed by atoms with Gasteiger partial charge in [-0.3, -0.25) is 9.36 Å². The van der Waals surface area contributed by atoms with E-state index >= 15 is 0 Å². The Morgan fingerprint density at radius 3 is 2.63 bits per heavy atom. The third-order valence-electron chi connectivity index (χ3n) is 3.70. The van der Waals surface area contributed by atoms with Crippen LogP contribution in [0.4, 0.5) is 5.69 Å². The van der Waals surface area contributed by atoms with E-state index in [0.717, 1.165) is 0 Å². The zero-order valence-corrected chi connectivity index (χ0v) is 15.0. The molecule has 27 heavy (non-hydrogen) atoms. The molecule has 0 saturated heterocycles. The summed E-state index contributed by atoms with van der Waals surface area (Å²) in [4.78, 5) is 24.4. The quantitative estimate of drug-likeness (QED) is 0.677. The van der Waals surface area contributed by atoms with Gasteiger partial charge in [-0.15, -0.1) is 0 Å². The number of halogens is 1. The second kappa shape index (κ2) is 7.81. The van der Waals surface area contributed by atoms with Crippen LogP contribution in [-0.2, 0) is 9.53 Å². The number of carbonyl (C=O) groups is 2. The Morgan fingerprint density at radius 2 is 1.96 bits per heavy atom. The van der Waals surface area contributed by atoms with Crippen molar-refractivity contribution >= 4 is 29.2 Å². The lowest BCUT2D eigenvalue weighted by atomic mass is 10.1. The van der Waals surface area contributed by atoms with Crippen molar-refractivity contribution in [2.75, 3.05) is 11.9 Å². The predicted molar refractivity (Wildman–Crippen MR) is 97.9 cm³/mol. The van der Waals surface area contributed by atoms with E-state index < -0.39 is 18.5 Å². The highest BCUT2D eigenvalue weighted by Crippen LogP contribution is 2.26. The van der Waals surface area contributed by atoms with Crippen molar-refractivity contribution in [1.29, 1.82) is 5.26 Å². The van der Waals surface area contributed by atoms with Crippen molar-refractivity contribution in [1.82, 2.24) is 4.57 Å². The number of rotatable bonds is 5. The van der Waals surface area contributed by atoms with Crippen molar-refractivity contribution in [3.63, 3.8) is 0 Å². The summed E-state index contributed by atoms with van der Waals surface area (Å²) >= 11 is 5.97. The molecule has 0 spiro atoms. The number of anilines is 1. The van der Waals surface area contributed by atoms with E-state index in [4.69, 9.17) is 20.8 Å². The highest BCUT2D eigenvalue weighted by atomic mass is 35.5. The third kappa shape index (κ3) is 3.86. The summed E-state index contributed by atoms with van der Waals surface area (Å²) in [5, 5.41) is 12.4. The third-order valence-corrected chi connectivity index (χ3v) is 4.03. The summed E-state index contributed by atoms with van der Waals surface area (Å²) < 4.78 is 12.2. The van der Waals surface area contributed by atoms with Gasteiger partial charge < -0.3 is 14.5 Å². The van der Waals surface area contributed by atoms with Crippen LogP contribution in [0.15, 0.2) is 53.2 Å². The second-order valence-corrected chi connectivity index (χ2v) is 5.93. The van der Waals surface area contributed by atoms with Crippen LogP contribution in [-0.4, -0.2) is 23.1 Å². The van der Waals surface area contributed by atoms with E-state index in [-0.39, 0.29) is 22.8 Å². The smallest absolute Gasteiger partial charge is 0.343 e. The SMILES string of the molecule is Cc1oc(-n2cccc2)c(C#N)c1C(=O)OCC(=O)Nc1ccccc1Cl. The summed E-state index contributed by atoms with van der Waals surface area (Å²) in [5.41, 5.74) is 0.444. The molecule has 3 rings (SSSR count). The molecule has 7 nitrogen and oxygen atoms in total. The molecule has 2 aromatic heterocycles. The summed E-state index contributed by atoms with van der Waals surface area (Å²) in [5.74, 6) is -0.929. The molecule has 1 amide bonds. The van der Waals surface area contributed by atoms with Crippen LogP contribution in [0.3, 0.4) is 0 Å². The van der Waals surface area contributed by atoms with Gasteiger partial charge in [0.15, 0.2) is 6.61 Å². The van der Waals surface area contributed by atoms with Crippen molar-refractivity contribution in [3.8, 4) is 12.0 Å². The number of furan rings is 1. The van der Waals surface area contributed by atoms with E-state index in [1.165, 1.54) is 0 Å². The number of esters is 1. The normalized spacial score (nSPS) is 10.3. The van der Waals surface area contributed by atoms with Gasteiger partial charge in [-0.25, -0.2) is 4.79 Å². The summed E-state index contributed by atoms with van der Waals surface area (Å²) in [6.45, 7) is 1.02. The van der Waals surface area contributed by atoms with Crippen LogP contribution >= 0.6 is 11.6 Å². The molecule has 0 atom stereocenters. The minimum atomic E-state index is -0.819. The fourth-order valence-electron chi connectivity index (χ4n) is 2.48.